The first kappa shape index (κ1) is 27.5. The Labute approximate surface area is 232 Å². The lowest BCUT2D eigenvalue weighted by atomic mass is 10.0. The number of halogens is 2. The molecule has 2 aliphatic rings. The van der Waals surface area contributed by atoms with Crippen molar-refractivity contribution in [1.29, 1.82) is 5.26 Å². The Kier molecular flexibility index (Phi) is 7.95. The van der Waals surface area contributed by atoms with Crippen molar-refractivity contribution in [3.05, 3.63) is 48.3 Å². The summed E-state index contributed by atoms with van der Waals surface area (Å²) in [6, 6.07) is 12.8. The molecule has 2 saturated heterocycles. The van der Waals surface area contributed by atoms with Crippen molar-refractivity contribution >= 4 is 17.3 Å². The minimum absolute atomic E-state index is 0.122. The van der Waals surface area contributed by atoms with Gasteiger partial charge in [0.25, 0.3) is 5.92 Å². The number of likely N-dealkylation sites (N-methyl/N-ethyl adjacent to an activating group) is 1. The van der Waals surface area contributed by atoms with Gasteiger partial charge in [0.15, 0.2) is 6.10 Å². The van der Waals surface area contributed by atoms with Gasteiger partial charge < -0.3 is 29.9 Å². The summed E-state index contributed by atoms with van der Waals surface area (Å²) in [5.74, 6) is -1.33. The minimum Gasteiger partial charge on any atom is -0.483 e. The van der Waals surface area contributed by atoms with Gasteiger partial charge >= 0.3 is 0 Å². The first-order valence-corrected chi connectivity index (χ1v) is 13.2. The summed E-state index contributed by atoms with van der Waals surface area (Å²) >= 11 is 0. The maximum atomic E-state index is 14.2. The Balaban J connectivity index is 1.34. The van der Waals surface area contributed by atoms with Crippen molar-refractivity contribution in [2.24, 2.45) is 0 Å². The zero-order valence-electron chi connectivity index (χ0n) is 22.7. The number of alkyl halides is 2. The fraction of sp³-hybridized carbons (Fsp3) is 0.429. The molecule has 2 aliphatic heterocycles. The number of piperazine rings is 1. The molecule has 0 saturated carbocycles. The monoisotopic (exact) mass is 550 g/mol. The summed E-state index contributed by atoms with van der Waals surface area (Å²) in [5, 5.41) is 15.6. The van der Waals surface area contributed by atoms with E-state index >= 15 is 0 Å². The van der Waals surface area contributed by atoms with Gasteiger partial charge in [-0.1, -0.05) is 0 Å². The zero-order valence-corrected chi connectivity index (χ0v) is 22.7. The summed E-state index contributed by atoms with van der Waals surface area (Å²) < 4.78 is 39.7. The highest BCUT2D eigenvalue weighted by molar-refractivity contribution is 5.68. The van der Waals surface area contributed by atoms with E-state index in [1.54, 1.807) is 25.3 Å². The highest BCUT2D eigenvalue weighted by atomic mass is 19.3. The molecule has 2 atom stereocenters. The normalized spacial score (nSPS) is 20.9. The topological polar surface area (TPSA) is 111 Å². The third-order valence-corrected chi connectivity index (χ3v) is 7.18. The second-order valence-electron chi connectivity index (χ2n) is 10.1. The van der Waals surface area contributed by atoms with Crippen molar-refractivity contribution in [3.63, 3.8) is 0 Å². The fourth-order valence-corrected chi connectivity index (χ4v) is 5.07. The van der Waals surface area contributed by atoms with Crippen LogP contribution in [0.25, 0.3) is 11.3 Å². The summed E-state index contributed by atoms with van der Waals surface area (Å²) in [5.41, 5.74) is 2.25. The number of nitrogens with zero attached hydrogens (tertiary/aromatic N) is 6. The minimum atomic E-state index is -3.02. The van der Waals surface area contributed by atoms with Gasteiger partial charge in [0.1, 0.15) is 35.5 Å². The smallest absolute Gasteiger partial charge is 0.296 e. The maximum absolute atomic E-state index is 14.2. The number of benzene rings is 1. The summed E-state index contributed by atoms with van der Waals surface area (Å²) in [4.78, 5) is 17.9. The number of ether oxygens (including phenoxy) is 2. The Morgan fingerprint density at radius 3 is 2.75 bits per heavy atom. The zero-order chi connectivity index (χ0) is 28.3. The standard InChI is InChI=1S/C28H32F2N8O2/c1-18-15-37(2)10-11-38(18)22-5-7-25(36-27(22)39-3)35-26-13-21(33-17-34-26)19-4-6-23(20(12-19)14-31)40-24-8-9-32-16-28(24,29)30/h4-7,12-13,17-18,24,32H,8-11,15-16H2,1-3H3,(H,33,34,35,36)/t18-,24?/m0/s1. The van der Waals surface area contributed by atoms with E-state index in [0.717, 1.165) is 25.3 Å². The van der Waals surface area contributed by atoms with Crippen LogP contribution in [-0.4, -0.2) is 84.8 Å². The molecular formula is C28H32F2N8O2. The van der Waals surface area contributed by atoms with Crippen LogP contribution in [0.5, 0.6) is 11.6 Å². The molecule has 10 nitrogen and oxygen atoms in total. The second-order valence-corrected chi connectivity index (χ2v) is 10.1. The number of hydrogen-bond donors (Lipinski definition) is 2. The van der Waals surface area contributed by atoms with Gasteiger partial charge in [-0.05, 0) is 50.8 Å². The van der Waals surface area contributed by atoms with Crippen molar-refractivity contribution in [3.8, 4) is 29.0 Å². The third kappa shape index (κ3) is 5.90. The van der Waals surface area contributed by atoms with E-state index in [1.807, 2.05) is 12.1 Å². The predicted molar refractivity (Wildman–Crippen MR) is 147 cm³/mol. The van der Waals surface area contributed by atoms with Crippen LogP contribution in [0.4, 0.5) is 26.1 Å². The molecule has 0 amide bonds. The van der Waals surface area contributed by atoms with Crippen molar-refractivity contribution in [2.45, 2.75) is 31.4 Å². The number of aromatic nitrogens is 3. The number of rotatable bonds is 7. The Bertz CT molecular complexity index is 1400. The number of anilines is 3. The molecule has 40 heavy (non-hydrogen) atoms. The highest BCUT2D eigenvalue weighted by Gasteiger charge is 2.43. The van der Waals surface area contributed by atoms with Gasteiger partial charge in [-0.3, -0.25) is 0 Å². The van der Waals surface area contributed by atoms with Gasteiger partial charge in [0, 0.05) is 43.7 Å². The van der Waals surface area contributed by atoms with Crippen LogP contribution >= 0.6 is 0 Å². The molecule has 0 aliphatic carbocycles. The van der Waals surface area contributed by atoms with Gasteiger partial charge in [-0.15, -0.1) is 0 Å². The fourth-order valence-electron chi connectivity index (χ4n) is 5.07. The largest absolute Gasteiger partial charge is 0.483 e. The molecule has 0 radical (unpaired) electrons. The van der Waals surface area contributed by atoms with Crippen LogP contribution in [0.1, 0.15) is 18.9 Å². The maximum Gasteiger partial charge on any atom is 0.296 e. The number of nitrogens with one attached hydrogen (secondary N) is 2. The SMILES string of the molecule is COc1nc(Nc2cc(-c3ccc(OC4CCNCC4(F)F)c(C#N)c3)ncn2)ccc1N1CCN(C)C[C@@H]1C. The molecule has 210 valence electrons. The summed E-state index contributed by atoms with van der Waals surface area (Å²) in [6.45, 7) is 4.96. The molecule has 1 aromatic carbocycles. The molecule has 3 aromatic rings. The van der Waals surface area contributed by atoms with Gasteiger partial charge in [-0.25, -0.2) is 18.7 Å². The van der Waals surface area contributed by atoms with Crippen LogP contribution in [0, 0.1) is 11.3 Å². The predicted octanol–water partition coefficient (Wildman–Crippen LogP) is 3.68. The van der Waals surface area contributed by atoms with E-state index in [-0.39, 0.29) is 17.7 Å². The summed E-state index contributed by atoms with van der Waals surface area (Å²) in [6.07, 6.45) is 0.257. The molecule has 5 rings (SSSR count). The second kappa shape index (κ2) is 11.6. The van der Waals surface area contributed by atoms with E-state index in [1.165, 1.54) is 12.4 Å². The molecule has 4 heterocycles. The van der Waals surface area contributed by atoms with Crippen LogP contribution in [-0.2, 0) is 0 Å². The van der Waals surface area contributed by atoms with Crippen LogP contribution < -0.4 is 25.0 Å². The first-order chi connectivity index (χ1) is 19.3. The molecule has 2 N–H and O–H groups in total. The molecule has 12 heteroatoms. The lowest BCUT2D eigenvalue weighted by Gasteiger charge is -2.40. The van der Waals surface area contributed by atoms with Crippen LogP contribution in [0.15, 0.2) is 42.7 Å². The van der Waals surface area contributed by atoms with E-state index in [2.05, 4.69) is 55.4 Å². The lowest BCUT2D eigenvalue weighted by Crippen LogP contribution is -2.52. The molecule has 2 fully saturated rings. The molecular weight excluding hydrogens is 518 g/mol. The van der Waals surface area contributed by atoms with E-state index < -0.39 is 18.6 Å². The van der Waals surface area contributed by atoms with Crippen LogP contribution in [0.3, 0.4) is 0 Å². The average molecular weight is 551 g/mol. The number of nitriles is 1. The van der Waals surface area contributed by atoms with E-state index in [9.17, 15) is 14.0 Å². The average Bonchev–Trinajstić information content (AvgIpc) is 2.94. The Morgan fingerprint density at radius 2 is 2.00 bits per heavy atom. The van der Waals surface area contributed by atoms with Gasteiger partial charge in [-0.2, -0.15) is 10.2 Å². The van der Waals surface area contributed by atoms with E-state index in [4.69, 9.17) is 9.47 Å². The number of piperidine rings is 1. The third-order valence-electron chi connectivity index (χ3n) is 7.18. The molecule has 0 spiro atoms. The van der Waals surface area contributed by atoms with Crippen molar-refractivity contribution in [2.75, 3.05) is 57.1 Å². The lowest BCUT2D eigenvalue weighted by molar-refractivity contribution is -0.109. The Hall–Kier alpha value is -4.08. The molecule has 2 aromatic heterocycles. The quantitative estimate of drug-likeness (QED) is 0.452. The van der Waals surface area contributed by atoms with Crippen molar-refractivity contribution in [1.82, 2.24) is 25.2 Å². The summed E-state index contributed by atoms with van der Waals surface area (Å²) in [7, 11) is 3.72. The van der Waals surface area contributed by atoms with Gasteiger partial charge in [0.2, 0.25) is 5.88 Å². The molecule has 1 unspecified atom stereocenters. The van der Waals surface area contributed by atoms with E-state index in [0.29, 0.717) is 41.4 Å². The van der Waals surface area contributed by atoms with Gasteiger partial charge in [0.05, 0.1) is 24.9 Å². The number of methoxy groups -OCH3 is 1. The Morgan fingerprint density at radius 1 is 1.15 bits per heavy atom. The number of pyridine rings is 1. The molecule has 0 bridgehead atoms. The first-order valence-electron chi connectivity index (χ1n) is 13.2. The number of hydrogen-bond acceptors (Lipinski definition) is 10. The van der Waals surface area contributed by atoms with Crippen molar-refractivity contribution < 1.29 is 18.3 Å². The highest BCUT2D eigenvalue weighted by Crippen LogP contribution is 2.33. The van der Waals surface area contributed by atoms with Crippen LogP contribution in [0.2, 0.25) is 0 Å².